The SMILES string of the molecule is O=C1Oc2cc(Oc3cccnc3)ccc2CN1Cc1cccc(NS(=O)(=O)C2CC2)c1F. The molecule has 1 saturated carbocycles. The molecule has 0 radical (unpaired) electrons. The fraction of sp³-hybridized carbons (Fsp3) is 0.217. The number of fused-ring (bicyclic) bond motifs is 1. The molecule has 0 saturated heterocycles. The topological polar surface area (TPSA) is 97.8 Å². The van der Waals surface area contributed by atoms with E-state index in [1.165, 1.54) is 17.0 Å². The molecule has 8 nitrogen and oxygen atoms in total. The number of carbonyl (C=O) groups excluding carboxylic acids is 1. The second-order valence-electron chi connectivity index (χ2n) is 7.91. The highest BCUT2D eigenvalue weighted by Gasteiger charge is 2.36. The highest BCUT2D eigenvalue weighted by molar-refractivity contribution is 7.93. The average molecular weight is 469 g/mol. The van der Waals surface area contributed by atoms with Crippen LogP contribution in [0.2, 0.25) is 0 Å². The number of nitrogens with zero attached hydrogens (tertiary/aromatic N) is 2. The number of rotatable bonds is 7. The Hall–Kier alpha value is -3.66. The van der Waals surface area contributed by atoms with Crippen LogP contribution >= 0.6 is 0 Å². The van der Waals surface area contributed by atoms with Crippen molar-refractivity contribution >= 4 is 21.8 Å². The van der Waals surface area contributed by atoms with Gasteiger partial charge in [-0.1, -0.05) is 12.1 Å². The molecule has 0 bridgehead atoms. The number of anilines is 1. The van der Waals surface area contributed by atoms with Crippen molar-refractivity contribution in [1.82, 2.24) is 9.88 Å². The molecule has 2 aliphatic rings. The molecule has 1 amide bonds. The zero-order chi connectivity index (χ0) is 23.0. The van der Waals surface area contributed by atoms with Crippen LogP contribution in [0.15, 0.2) is 60.9 Å². The first-order valence-electron chi connectivity index (χ1n) is 10.4. The molecule has 1 fully saturated rings. The molecular formula is C23H20FN3O5S. The van der Waals surface area contributed by atoms with E-state index in [1.54, 1.807) is 48.8 Å². The number of sulfonamides is 1. The third kappa shape index (κ3) is 4.61. The van der Waals surface area contributed by atoms with Crippen molar-refractivity contribution in [2.75, 3.05) is 4.72 Å². The summed E-state index contributed by atoms with van der Waals surface area (Å²) in [5.41, 5.74) is 0.796. The first kappa shape index (κ1) is 21.2. The molecule has 1 aliphatic heterocycles. The van der Waals surface area contributed by atoms with Gasteiger partial charge in [0.25, 0.3) is 0 Å². The highest BCUT2D eigenvalue weighted by atomic mass is 32.2. The monoisotopic (exact) mass is 469 g/mol. The van der Waals surface area contributed by atoms with Gasteiger partial charge >= 0.3 is 6.09 Å². The van der Waals surface area contributed by atoms with Crippen molar-refractivity contribution in [1.29, 1.82) is 0 Å². The predicted octanol–water partition coefficient (Wildman–Crippen LogP) is 4.43. The van der Waals surface area contributed by atoms with Gasteiger partial charge in [-0.15, -0.1) is 0 Å². The predicted molar refractivity (Wildman–Crippen MR) is 118 cm³/mol. The molecule has 33 heavy (non-hydrogen) atoms. The minimum Gasteiger partial charge on any atom is -0.456 e. The van der Waals surface area contributed by atoms with E-state index in [9.17, 15) is 17.6 Å². The number of amides is 1. The number of halogens is 1. The lowest BCUT2D eigenvalue weighted by atomic mass is 10.1. The number of pyridine rings is 1. The van der Waals surface area contributed by atoms with E-state index in [2.05, 4.69) is 9.71 Å². The van der Waals surface area contributed by atoms with Gasteiger partial charge in [-0.2, -0.15) is 0 Å². The Bertz CT molecular complexity index is 1310. The minimum atomic E-state index is -3.60. The van der Waals surface area contributed by atoms with Crippen LogP contribution in [0.4, 0.5) is 14.9 Å². The zero-order valence-electron chi connectivity index (χ0n) is 17.4. The lowest BCUT2D eigenvalue weighted by Gasteiger charge is -2.28. The first-order chi connectivity index (χ1) is 15.9. The Morgan fingerprint density at radius 1 is 1.15 bits per heavy atom. The quantitative estimate of drug-likeness (QED) is 0.550. The summed E-state index contributed by atoms with van der Waals surface area (Å²) in [6.07, 6.45) is 3.72. The summed E-state index contributed by atoms with van der Waals surface area (Å²) >= 11 is 0. The summed E-state index contributed by atoms with van der Waals surface area (Å²) in [6, 6.07) is 13.1. The maximum Gasteiger partial charge on any atom is 0.415 e. The zero-order valence-corrected chi connectivity index (χ0v) is 18.2. The Balaban J connectivity index is 1.31. The molecule has 170 valence electrons. The van der Waals surface area contributed by atoms with Gasteiger partial charge in [0.1, 0.15) is 17.2 Å². The summed E-state index contributed by atoms with van der Waals surface area (Å²) < 4.78 is 52.8. The molecule has 2 heterocycles. The molecule has 0 atom stereocenters. The highest BCUT2D eigenvalue weighted by Crippen LogP contribution is 2.34. The molecule has 1 aliphatic carbocycles. The largest absolute Gasteiger partial charge is 0.456 e. The van der Waals surface area contributed by atoms with Crippen molar-refractivity contribution in [3.63, 3.8) is 0 Å². The molecule has 10 heteroatoms. The molecule has 0 spiro atoms. The van der Waals surface area contributed by atoms with Crippen molar-refractivity contribution in [3.8, 4) is 17.2 Å². The maximum absolute atomic E-state index is 15.0. The van der Waals surface area contributed by atoms with Crippen molar-refractivity contribution in [2.45, 2.75) is 31.2 Å². The molecule has 5 rings (SSSR count). The summed E-state index contributed by atoms with van der Waals surface area (Å²) in [6.45, 7) is 0.135. The van der Waals surface area contributed by atoms with E-state index in [1.807, 2.05) is 0 Å². The van der Waals surface area contributed by atoms with Crippen molar-refractivity contribution in [3.05, 3.63) is 77.9 Å². The first-order valence-corrected chi connectivity index (χ1v) is 11.9. The van der Waals surface area contributed by atoms with Gasteiger partial charge in [0.2, 0.25) is 10.0 Å². The van der Waals surface area contributed by atoms with Crippen LogP contribution in [0, 0.1) is 5.82 Å². The fourth-order valence-corrected chi connectivity index (χ4v) is 4.91. The Morgan fingerprint density at radius 2 is 2.00 bits per heavy atom. The van der Waals surface area contributed by atoms with Crippen molar-refractivity contribution < 1.29 is 27.1 Å². The average Bonchev–Trinajstić information content (AvgIpc) is 3.64. The molecule has 2 aromatic carbocycles. The van der Waals surface area contributed by atoms with Crippen LogP contribution in [0.1, 0.15) is 24.0 Å². The standard InChI is InChI=1S/C23H20FN3O5S/c24-22-16(3-1-5-20(22)26-33(29,30)19-8-9-19)14-27-13-15-6-7-17(11-21(15)32-23(27)28)31-18-4-2-10-25-12-18/h1-7,10-12,19,26H,8-9,13-14H2. The van der Waals surface area contributed by atoms with Gasteiger partial charge < -0.3 is 9.47 Å². The third-order valence-corrected chi connectivity index (χ3v) is 7.23. The lowest BCUT2D eigenvalue weighted by Crippen LogP contribution is -2.36. The molecule has 3 aromatic rings. The van der Waals surface area contributed by atoms with Crippen molar-refractivity contribution in [2.24, 2.45) is 0 Å². The van der Waals surface area contributed by atoms with E-state index < -0.39 is 27.2 Å². The fourth-order valence-electron chi connectivity index (χ4n) is 3.52. The number of hydrogen-bond acceptors (Lipinski definition) is 6. The third-order valence-electron chi connectivity index (χ3n) is 5.38. The van der Waals surface area contributed by atoms with E-state index in [4.69, 9.17) is 9.47 Å². The second kappa shape index (κ2) is 8.36. The minimum absolute atomic E-state index is 0.0724. The van der Waals surface area contributed by atoms with E-state index in [0.717, 1.165) is 5.56 Å². The Labute approximate surface area is 190 Å². The number of carbonyl (C=O) groups is 1. The van der Waals surface area contributed by atoms with Crippen LogP contribution in [0.5, 0.6) is 17.2 Å². The number of nitrogens with one attached hydrogen (secondary N) is 1. The lowest BCUT2D eigenvalue weighted by molar-refractivity contribution is 0.134. The number of benzene rings is 2. The van der Waals surface area contributed by atoms with Crippen LogP contribution < -0.4 is 14.2 Å². The van der Waals surface area contributed by atoms with Gasteiger partial charge in [0, 0.05) is 23.4 Å². The smallest absolute Gasteiger partial charge is 0.415 e. The second-order valence-corrected chi connectivity index (χ2v) is 9.87. The van der Waals surface area contributed by atoms with E-state index in [0.29, 0.717) is 30.1 Å². The number of hydrogen-bond donors (Lipinski definition) is 1. The number of aromatic nitrogens is 1. The van der Waals surface area contributed by atoms with Gasteiger partial charge in [-0.05, 0) is 43.2 Å². The summed E-state index contributed by atoms with van der Waals surface area (Å²) in [7, 11) is -3.60. The number of ether oxygens (including phenoxy) is 2. The molecule has 1 aromatic heterocycles. The van der Waals surface area contributed by atoms with Gasteiger partial charge in [0.05, 0.1) is 30.2 Å². The van der Waals surface area contributed by atoms with Crippen LogP contribution in [0.3, 0.4) is 0 Å². The van der Waals surface area contributed by atoms with Gasteiger partial charge in [-0.25, -0.2) is 17.6 Å². The Morgan fingerprint density at radius 3 is 2.76 bits per heavy atom. The van der Waals surface area contributed by atoms with Crippen LogP contribution in [0.25, 0.3) is 0 Å². The summed E-state index contributed by atoms with van der Waals surface area (Å²) in [4.78, 5) is 17.9. The summed E-state index contributed by atoms with van der Waals surface area (Å²) in [5, 5.41) is -0.471. The molecular weight excluding hydrogens is 449 g/mol. The van der Waals surface area contributed by atoms with Gasteiger partial charge in [0.15, 0.2) is 5.82 Å². The van der Waals surface area contributed by atoms with Crippen LogP contribution in [-0.2, 0) is 23.1 Å². The van der Waals surface area contributed by atoms with Gasteiger partial charge in [-0.3, -0.25) is 14.6 Å². The van der Waals surface area contributed by atoms with E-state index in [-0.39, 0.29) is 24.3 Å². The summed E-state index contributed by atoms with van der Waals surface area (Å²) in [5.74, 6) is 0.697. The molecule has 1 N–H and O–H groups in total. The maximum atomic E-state index is 15.0. The van der Waals surface area contributed by atoms with E-state index >= 15 is 0 Å². The van der Waals surface area contributed by atoms with Crippen LogP contribution in [-0.4, -0.2) is 29.6 Å². The molecule has 0 unspecified atom stereocenters. The normalized spacial score (nSPS) is 15.5. The Kier molecular flexibility index (Phi) is 5.37.